The maximum Gasteiger partial charge on any atom is 0.147 e. The highest BCUT2D eigenvalue weighted by Crippen LogP contribution is 1.89. The summed E-state index contributed by atoms with van der Waals surface area (Å²) in [5.74, 6) is 0.886. The van der Waals surface area contributed by atoms with Gasteiger partial charge in [-0.25, -0.2) is 4.99 Å². The van der Waals surface area contributed by atoms with Crippen molar-refractivity contribution in [1.29, 1.82) is 0 Å². The first-order valence-corrected chi connectivity index (χ1v) is 3.98. The summed E-state index contributed by atoms with van der Waals surface area (Å²) in [6.07, 6.45) is 3.73. The van der Waals surface area contributed by atoms with Crippen LogP contribution in [0.1, 0.15) is 26.7 Å². The third-order valence-electron chi connectivity index (χ3n) is 1.05. The second-order valence-electron chi connectivity index (χ2n) is 2.44. The number of hydrogen-bond acceptors (Lipinski definition) is 2. The molecule has 0 fully saturated rings. The van der Waals surface area contributed by atoms with E-state index < -0.39 is 0 Å². The minimum absolute atomic E-state index is 0.884. The van der Waals surface area contributed by atoms with Crippen molar-refractivity contribution < 1.29 is 0 Å². The zero-order chi connectivity index (χ0) is 8.69. The summed E-state index contributed by atoms with van der Waals surface area (Å²) in [4.78, 5) is 4.18. The van der Waals surface area contributed by atoms with E-state index in [1.165, 1.54) is 0 Å². The average molecular weight is 155 g/mol. The molecule has 3 nitrogen and oxygen atoms in total. The molecule has 3 heteroatoms. The van der Waals surface area contributed by atoms with Gasteiger partial charge in [-0.15, -0.1) is 0 Å². The molecular weight excluding hydrogens is 138 g/mol. The molecule has 0 amide bonds. The minimum atomic E-state index is 0.884. The maximum atomic E-state index is 4.19. The molecule has 0 spiro atoms. The molecule has 11 heavy (non-hydrogen) atoms. The van der Waals surface area contributed by atoms with E-state index >= 15 is 0 Å². The van der Waals surface area contributed by atoms with E-state index in [2.05, 4.69) is 23.9 Å². The Hall–Kier alpha value is -0.860. The van der Waals surface area contributed by atoms with Crippen molar-refractivity contribution in [3.8, 4) is 0 Å². The van der Waals surface area contributed by atoms with Crippen LogP contribution in [-0.4, -0.2) is 31.2 Å². The van der Waals surface area contributed by atoms with Crippen LogP contribution >= 0.6 is 0 Å². The van der Waals surface area contributed by atoms with Crippen LogP contribution in [0.25, 0.3) is 0 Å². The fourth-order valence-corrected chi connectivity index (χ4v) is 0.615. The molecule has 0 bridgehead atoms. The van der Waals surface area contributed by atoms with Crippen molar-refractivity contribution in [3.63, 3.8) is 0 Å². The van der Waals surface area contributed by atoms with Gasteiger partial charge in [0.25, 0.3) is 0 Å². The van der Waals surface area contributed by atoms with Crippen LogP contribution in [0.3, 0.4) is 0 Å². The summed E-state index contributed by atoms with van der Waals surface area (Å²) in [5, 5.41) is 5.95. The largest absolute Gasteiger partial charge is 0.301 e. The first-order chi connectivity index (χ1) is 5.20. The van der Waals surface area contributed by atoms with E-state index in [0.717, 1.165) is 18.7 Å². The fourth-order valence-electron chi connectivity index (χ4n) is 0.615. The number of aliphatic imine (C=N–C) groups is 1. The van der Waals surface area contributed by atoms with Crippen molar-refractivity contribution in [1.82, 2.24) is 5.01 Å². The van der Waals surface area contributed by atoms with Gasteiger partial charge in [-0.05, 0) is 6.42 Å². The van der Waals surface area contributed by atoms with E-state index in [9.17, 15) is 0 Å². The predicted molar refractivity (Wildman–Crippen MR) is 50.2 cm³/mol. The van der Waals surface area contributed by atoms with Crippen LogP contribution in [0.15, 0.2) is 10.1 Å². The molecule has 0 aliphatic heterocycles. The van der Waals surface area contributed by atoms with Gasteiger partial charge in [0.05, 0.1) is 0 Å². The van der Waals surface area contributed by atoms with Gasteiger partial charge in [0.15, 0.2) is 0 Å². The van der Waals surface area contributed by atoms with E-state index in [4.69, 9.17) is 0 Å². The molecular formula is C8H17N3. The molecule has 0 heterocycles. The predicted octanol–water partition coefficient (Wildman–Crippen LogP) is 1.75. The molecule has 0 unspecified atom stereocenters. The highest BCUT2D eigenvalue weighted by atomic mass is 15.4. The van der Waals surface area contributed by atoms with Gasteiger partial charge < -0.3 is 5.01 Å². The normalized spacial score (nSPS) is 12.5. The molecule has 0 saturated carbocycles. The molecule has 0 atom stereocenters. The lowest BCUT2D eigenvalue weighted by Crippen LogP contribution is -2.06. The Morgan fingerprint density at radius 3 is 2.36 bits per heavy atom. The van der Waals surface area contributed by atoms with Gasteiger partial charge in [-0.1, -0.05) is 13.8 Å². The number of hydrogen-bond donors (Lipinski definition) is 0. The Morgan fingerprint density at radius 1 is 1.36 bits per heavy atom. The van der Waals surface area contributed by atoms with Gasteiger partial charge >= 0.3 is 0 Å². The zero-order valence-electron chi connectivity index (χ0n) is 7.83. The Balaban J connectivity index is 4.04. The SMILES string of the molecule is CCC=N/C(CC)=N\N(C)C. The number of amidine groups is 1. The van der Waals surface area contributed by atoms with E-state index in [1.54, 1.807) is 5.01 Å². The van der Waals surface area contributed by atoms with Gasteiger partial charge in [0.2, 0.25) is 0 Å². The smallest absolute Gasteiger partial charge is 0.147 e. The summed E-state index contributed by atoms with van der Waals surface area (Å²) in [7, 11) is 3.80. The quantitative estimate of drug-likeness (QED) is 0.346. The van der Waals surface area contributed by atoms with E-state index in [1.807, 2.05) is 20.3 Å². The highest BCUT2D eigenvalue weighted by Gasteiger charge is 1.90. The summed E-state index contributed by atoms with van der Waals surface area (Å²) in [6.45, 7) is 4.11. The molecule has 0 aromatic carbocycles. The maximum absolute atomic E-state index is 4.19. The number of hydrazone groups is 1. The Kier molecular flexibility index (Phi) is 5.43. The van der Waals surface area contributed by atoms with E-state index in [-0.39, 0.29) is 0 Å². The van der Waals surface area contributed by atoms with E-state index in [0.29, 0.717) is 0 Å². The third-order valence-corrected chi connectivity index (χ3v) is 1.05. The molecule has 0 rings (SSSR count). The van der Waals surface area contributed by atoms with Gasteiger partial charge in [0, 0.05) is 26.7 Å². The Morgan fingerprint density at radius 2 is 2.00 bits per heavy atom. The average Bonchev–Trinajstić information content (AvgIpc) is 1.97. The standard InChI is InChI=1S/C8H17N3/c1-5-7-9-8(6-2)10-11(3)4/h7H,5-6H2,1-4H3/b9-7?,10-8-. The first-order valence-electron chi connectivity index (χ1n) is 3.98. The van der Waals surface area contributed by atoms with Crippen molar-refractivity contribution >= 4 is 12.1 Å². The molecule has 0 aromatic heterocycles. The topological polar surface area (TPSA) is 28.0 Å². The summed E-state index contributed by atoms with van der Waals surface area (Å²) in [5.41, 5.74) is 0. The van der Waals surface area contributed by atoms with Crippen molar-refractivity contribution in [2.45, 2.75) is 26.7 Å². The second-order valence-corrected chi connectivity index (χ2v) is 2.44. The number of rotatable bonds is 3. The summed E-state index contributed by atoms with van der Waals surface area (Å²) in [6, 6.07) is 0. The molecule has 0 aliphatic rings. The van der Waals surface area contributed by atoms with Crippen LogP contribution in [0.2, 0.25) is 0 Å². The van der Waals surface area contributed by atoms with Crippen molar-refractivity contribution in [2.75, 3.05) is 14.1 Å². The number of nitrogens with zero attached hydrogens (tertiary/aromatic N) is 3. The lowest BCUT2D eigenvalue weighted by Gasteiger charge is -2.04. The lowest BCUT2D eigenvalue weighted by atomic mass is 10.4. The zero-order valence-corrected chi connectivity index (χ0v) is 7.83. The summed E-state index contributed by atoms with van der Waals surface area (Å²) < 4.78 is 0. The molecule has 0 N–H and O–H groups in total. The van der Waals surface area contributed by atoms with Crippen LogP contribution in [0.5, 0.6) is 0 Å². The lowest BCUT2D eigenvalue weighted by molar-refractivity contribution is 0.436. The molecule has 0 aromatic rings. The summed E-state index contributed by atoms with van der Waals surface area (Å²) >= 11 is 0. The Labute approximate surface area is 68.8 Å². The van der Waals surface area contributed by atoms with Crippen LogP contribution < -0.4 is 0 Å². The monoisotopic (exact) mass is 155 g/mol. The highest BCUT2D eigenvalue weighted by molar-refractivity contribution is 5.88. The van der Waals surface area contributed by atoms with Crippen LogP contribution in [0, 0.1) is 0 Å². The van der Waals surface area contributed by atoms with Crippen molar-refractivity contribution in [2.24, 2.45) is 10.1 Å². The van der Waals surface area contributed by atoms with Crippen LogP contribution in [-0.2, 0) is 0 Å². The molecule has 0 radical (unpaired) electrons. The molecule has 0 aliphatic carbocycles. The van der Waals surface area contributed by atoms with Crippen molar-refractivity contribution in [3.05, 3.63) is 0 Å². The van der Waals surface area contributed by atoms with Gasteiger partial charge in [0.1, 0.15) is 5.84 Å². The molecule has 0 saturated heterocycles. The van der Waals surface area contributed by atoms with Gasteiger partial charge in [-0.3, -0.25) is 0 Å². The third kappa shape index (κ3) is 5.58. The first kappa shape index (κ1) is 10.1. The Bertz CT molecular complexity index is 147. The van der Waals surface area contributed by atoms with Gasteiger partial charge in [-0.2, -0.15) is 5.10 Å². The second kappa shape index (κ2) is 5.89. The van der Waals surface area contributed by atoms with Crippen LogP contribution in [0.4, 0.5) is 0 Å². The molecule has 64 valence electrons. The fraction of sp³-hybridized carbons (Fsp3) is 0.750. The minimum Gasteiger partial charge on any atom is -0.301 e.